The molecule has 0 aliphatic heterocycles. The lowest BCUT2D eigenvalue weighted by Crippen LogP contribution is -2.15. The average Bonchev–Trinajstić information content (AvgIpc) is 2.52. The molecule has 0 aromatic heterocycles. The average molecular weight is 419 g/mol. The van der Waals surface area contributed by atoms with Crippen LogP contribution in [-0.4, -0.2) is 6.54 Å². The van der Waals surface area contributed by atoms with Crippen LogP contribution in [0.25, 0.3) is 0 Å². The van der Waals surface area contributed by atoms with Crippen molar-refractivity contribution in [3.8, 4) is 5.75 Å². The number of hydrogen-bond donors (Lipinski definition) is 1. The van der Waals surface area contributed by atoms with Crippen LogP contribution in [0.1, 0.15) is 30.9 Å². The smallest absolute Gasteiger partial charge is 0.124 e. The Morgan fingerprint density at radius 1 is 1.13 bits per heavy atom. The van der Waals surface area contributed by atoms with E-state index >= 15 is 0 Å². The van der Waals surface area contributed by atoms with Crippen LogP contribution < -0.4 is 10.1 Å². The summed E-state index contributed by atoms with van der Waals surface area (Å²) in [4.78, 5) is 0. The van der Waals surface area contributed by atoms with Gasteiger partial charge < -0.3 is 10.1 Å². The zero-order valence-electron chi connectivity index (χ0n) is 13.1. The van der Waals surface area contributed by atoms with E-state index in [0.717, 1.165) is 33.9 Å². The van der Waals surface area contributed by atoms with Crippen molar-refractivity contribution in [2.45, 2.75) is 32.9 Å². The standard InChI is InChI=1S/C18H21BrClNO.ClH/c1-2-3-10-21-12-15-11-16(19)6-9-18(15)22-13-14-4-7-17(20)8-5-14;/h4-9,11,21H,2-3,10,12-13H2,1H3;1H. The molecule has 0 atom stereocenters. The molecule has 5 heteroatoms. The maximum atomic E-state index is 5.97. The van der Waals surface area contributed by atoms with Crippen LogP contribution in [0.4, 0.5) is 0 Å². The van der Waals surface area contributed by atoms with E-state index in [0.29, 0.717) is 6.61 Å². The summed E-state index contributed by atoms with van der Waals surface area (Å²) >= 11 is 9.43. The van der Waals surface area contributed by atoms with E-state index < -0.39 is 0 Å². The van der Waals surface area contributed by atoms with Gasteiger partial charge in [0.1, 0.15) is 12.4 Å². The Labute approximate surface area is 158 Å². The quantitative estimate of drug-likeness (QED) is 0.531. The molecule has 0 saturated carbocycles. The third-order valence-corrected chi connectivity index (χ3v) is 4.10. The van der Waals surface area contributed by atoms with Crippen molar-refractivity contribution in [2.75, 3.05) is 6.54 Å². The predicted molar refractivity (Wildman–Crippen MR) is 104 cm³/mol. The molecule has 2 rings (SSSR count). The van der Waals surface area contributed by atoms with Crippen molar-refractivity contribution >= 4 is 39.9 Å². The van der Waals surface area contributed by atoms with E-state index in [9.17, 15) is 0 Å². The maximum absolute atomic E-state index is 5.97. The number of hydrogen-bond acceptors (Lipinski definition) is 2. The van der Waals surface area contributed by atoms with E-state index in [2.05, 4.69) is 34.2 Å². The highest BCUT2D eigenvalue weighted by atomic mass is 79.9. The largest absolute Gasteiger partial charge is 0.489 e. The first-order valence-corrected chi connectivity index (χ1v) is 8.72. The highest BCUT2D eigenvalue weighted by Crippen LogP contribution is 2.24. The van der Waals surface area contributed by atoms with Crippen LogP contribution in [0.2, 0.25) is 5.02 Å². The molecule has 2 aromatic rings. The van der Waals surface area contributed by atoms with E-state index in [4.69, 9.17) is 16.3 Å². The molecule has 126 valence electrons. The second kappa shape index (κ2) is 10.9. The van der Waals surface area contributed by atoms with Crippen LogP contribution in [0.3, 0.4) is 0 Å². The van der Waals surface area contributed by atoms with Gasteiger partial charge in [0, 0.05) is 21.6 Å². The van der Waals surface area contributed by atoms with E-state index in [-0.39, 0.29) is 12.4 Å². The third kappa shape index (κ3) is 7.13. The van der Waals surface area contributed by atoms with Gasteiger partial charge >= 0.3 is 0 Å². The first-order valence-electron chi connectivity index (χ1n) is 7.55. The van der Waals surface area contributed by atoms with E-state index in [1.165, 1.54) is 18.4 Å². The van der Waals surface area contributed by atoms with Gasteiger partial charge in [-0.05, 0) is 48.9 Å². The van der Waals surface area contributed by atoms with Crippen molar-refractivity contribution in [1.29, 1.82) is 0 Å². The van der Waals surface area contributed by atoms with Gasteiger partial charge in [-0.1, -0.05) is 53.0 Å². The minimum absolute atomic E-state index is 0. The summed E-state index contributed by atoms with van der Waals surface area (Å²) in [6, 6.07) is 13.9. The molecule has 0 amide bonds. The zero-order chi connectivity index (χ0) is 15.8. The Bertz CT molecular complexity index is 590. The normalized spacial score (nSPS) is 10.2. The molecule has 0 aliphatic rings. The molecule has 0 heterocycles. The zero-order valence-corrected chi connectivity index (χ0v) is 16.3. The molecule has 2 aromatic carbocycles. The molecule has 23 heavy (non-hydrogen) atoms. The third-order valence-electron chi connectivity index (χ3n) is 3.35. The molecule has 1 N–H and O–H groups in total. The minimum Gasteiger partial charge on any atom is -0.489 e. The predicted octanol–water partition coefficient (Wildman–Crippen LogP) is 5.99. The van der Waals surface area contributed by atoms with Crippen LogP contribution in [0, 0.1) is 0 Å². The number of unbranched alkanes of at least 4 members (excludes halogenated alkanes) is 1. The topological polar surface area (TPSA) is 21.3 Å². The highest BCUT2D eigenvalue weighted by molar-refractivity contribution is 9.10. The van der Waals surface area contributed by atoms with Crippen LogP contribution in [-0.2, 0) is 13.2 Å². The SMILES string of the molecule is CCCCNCc1cc(Br)ccc1OCc1ccc(Cl)cc1.Cl. The number of benzene rings is 2. The molecule has 0 radical (unpaired) electrons. The summed E-state index contributed by atoms with van der Waals surface area (Å²) in [5.41, 5.74) is 2.27. The first kappa shape index (κ1) is 20.3. The lowest BCUT2D eigenvalue weighted by molar-refractivity contribution is 0.302. The lowest BCUT2D eigenvalue weighted by Gasteiger charge is -2.13. The molecule has 0 saturated heterocycles. The molecule has 0 aliphatic carbocycles. The van der Waals surface area contributed by atoms with E-state index in [1.807, 2.05) is 36.4 Å². The van der Waals surface area contributed by atoms with Crippen LogP contribution in [0.15, 0.2) is 46.9 Å². The molecular weight excluding hydrogens is 397 g/mol. The Morgan fingerprint density at radius 3 is 2.57 bits per heavy atom. The van der Waals surface area contributed by atoms with Gasteiger partial charge in [-0.3, -0.25) is 0 Å². The Balaban J connectivity index is 0.00000264. The number of rotatable bonds is 8. The van der Waals surface area contributed by atoms with Gasteiger partial charge in [0.25, 0.3) is 0 Å². The second-order valence-corrected chi connectivity index (χ2v) is 6.55. The molecular formula is C18H22BrCl2NO. The molecule has 0 spiro atoms. The summed E-state index contributed by atoms with van der Waals surface area (Å²) < 4.78 is 7.04. The first-order chi connectivity index (χ1) is 10.7. The minimum atomic E-state index is 0. The van der Waals surface area contributed by atoms with Gasteiger partial charge in [-0.25, -0.2) is 0 Å². The number of nitrogens with one attached hydrogen (secondary N) is 1. The fraction of sp³-hybridized carbons (Fsp3) is 0.333. The van der Waals surface area contributed by atoms with Crippen molar-refractivity contribution in [2.24, 2.45) is 0 Å². The van der Waals surface area contributed by atoms with Crippen molar-refractivity contribution in [3.63, 3.8) is 0 Å². The Hall–Kier alpha value is -0.740. The molecule has 0 fully saturated rings. The highest BCUT2D eigenvalue weighted by Gasteiger charge is 2.05. The molecule has 0 unspecified atom stereocenters. The summed E-state index contributed by atoms with van der Waals surface area (Å²) in [5.74, 6) is 0.919. The van der Waals surface area contributed by atoms with Crippen LogP contribution in [0.5, 0.6) is 5.75 Å². The van der Waals surface area contributed by atoms with Crippen molar-refractivity contribution in [1.82, 2.24) is 5.32 Å². The van der Waals surface area contributed by atoms with Gasteiger partial charge in [0.05, 0.1) is 0 Å². The van der Waals surface area contributed by atoms with Gasteiger partial charge in [0.15, 0.2) is 0 Å². The number of halogens is 3. The summed E-state index contributed by atoms with van der Waals surface area (Å²) in [6.45, 7) is 4.58. The Kier molecular flexibility index (Phi) is 9.65. The summed E-state index contributed by atoms with van der Waals surface area (Å²) in [5, 5.41) is 4.20. The Morgan fingerprint density at radius 2 is 1.87 bits per heavy atom. The lowest BCUT2D eigenvalue weighted by atomic mass is 10.2. The van der Waals surface area contributed by atoms with Gasteiger partial charge in [-0.2, -0.15) is 0 Å². The summed E-state index contributed by atoms with van der Waals surface area (Å²) in [6.07, 6.45) is 2.39. The number of ether oxygens (including phenoxy) is 1. The monoisotopic (exact) mass is 417 g/mol. The molecule has 0 bridgehead atoms. The van der Waals surface area contributed by atoms with Crippen molar-refractivity contribution < 1.29 is 4.74 Å². The summed E-state index contributed by atoms with van der Waals surface area (Å²) in [7, 11) is 0. The van der Waals surface area contributed by atoms with E-state index in [1.54, 1.807) is 0 Å². The van der Waals surface area contributed by atoms with Crippen molar-refractivity contribution in [3.05, 3.63) is 63.1 Å². The molecule has 2 nitrogen and oxygen atoms in total. The second-order valence-electron chi connectivity index (χ2n) is 5.20. The van der Waals surface area contributed by atoms with Crippen LogP contribution >= 0.6 is 39.9 Å². The van der Waals surface area contributed by atoms with Gasteiger partial charge in [-0.15, -0.1) is 12.4 Å². The maximum Gasteiger partial charge on any atom is 0.124 e. The fourth-order valence-corrected chi connectivity index (χ4v) is 2.63. The fourth-order valence-electron chi connectivity index (χ4n) is 2.09. The van der Waals surface area contributed by atoms with Gasteiger partial charge in [0.2, 0.25) is 0 Å².